The highest BCUT2D eigenvalue weighted by Gasteiger charge is 2.18. The van der Waals surface area contributed by atoms with Crippen LogP contribution < -0.4 is 5.32 Å². The van der Waals surface area contributed by atoms with E-state index in [-0.39, 0.29) is 23.4 Å². The molecule has 0 saturated carbocycles. The van der Waals surface area contributed by atoms with E-state index in [1.165, 1.54) is 12.1 Å². The highest BCUT2D eigenvalue weighted by Crippen LogP contribution is 2.16. The molecule has 0 bridgehead atoms. The number of rotatable bonds is 4. The van der Waals surface area contributed by atoms with Crippen molar-refractivity contribution >= 4 is 37.8 Å². The van der Waals surface area contributed by atoms with Crippen molar-refractivity contribution in [2.75, 3.05) is 5.33 Å². The van der Waals surface area contributed by atoms with Crippen LogP contribution in [0, 0.1) is 11.7 Å². The Morgan fingerprint density at radius 2 is 2.12 bits per heavy atom. The van der Waals surface area contributed by atoms with E-state index in [4.69, 9.17) is 0 Å². The maximum atomic E-state index is 13.6. The van der Waals surface area contributed by atoms with Gasteiger partial charge in [0.15, 0.2) is 0 Å². The van der Waals surface area contributed by atoms with Crippen LogP contribution in [0.1, 0.15) is 24.2 Å². The fourth-order valence-electron chi connectivity index (χ4n) is 1.30. The Labute approximate surface area is 117 Å². The van der Waals surface area contributed by atoms with Gasteiger partial charge in [-0.2, -0.15) is 0 Å². The molecule has 2 nitrogen and oxygen atoms in total. The zero-order valence-corrected chi connectivity index (χ0v) is 12.8. The molecule has 0 spiro atoms. The third kappa shape index (κ3) is 4.07. The second-order valence-electron chi connectivity index (χ2n) is 4.10. The van der Waals surface area contributed by atoms with Crippen molar-refractivity contribution in [2.45, 2.75) is 19.9 Å². The minimum Gasteiger partial charge on any atom is -0.348 e. The van der Waals surface area contributed by atoms with Crippen LogP contribution in [0.2, 0.25) is 0 Å². The molecular formula is C12H14Br2FNO. The fourth-order valence-corrected chi connectivity index (χ4v) is 2.55. The Balaban J connectivity index is 2.82. The molecule has 1 unspecified atom stereocenters. The van der Waals surface area contributed by atoms with Crippen LogP contribution in [0.4, 0.5) is 4.39 Å². The Morgan fingerprint density at radius 3 is 2.59 bits per heavy atom. The molecule has 0 aliphatic heterocycles. The Kier molecular flexibility index (Phi) is 5.59. The van der Waals surface area contributed by atoms with Gasteiger partial charge in [-0.05, 0) is 24.1 Å². The van der Waals surface area contributed by atoms with E-state index < -0.39 is 5.82 Å². The van der Waals surface area contributed by atoms with Crippen molar-refractivity contribution in [3.05, 3.63) is 34.1 Å². The third-order valence-electron chi connectivity index (χ3n) is 2.46. The standard InChI is InChI=1S/C12H14Br2FNO/c1-7(2)11(6-13)16-12(17)9-4-3-8(14)5-10(9)15/h3-5,7,11H,6H2,1-2H3,(H,16,17). The monoisotopic (exact) mass is 365 g/mol. The van der Waals surface area contributed by atoms with E-state index in [2.05, 4.69) is 37.2 Å². The zero-order valence-electron chi connectivity index (χ0n) is 9.64. The molecule has 0 aliphatic rings. The summed E-state index contributed by atoms with van der Waals surface area (Å²) < 4.78 is 14.2. The van der Waals surface area contributed by atoms with E-state index >= 15 is 0 Å². The topological polar surface area (TPSA) is 29.1 Å². The van der Waals surface area contributed by atoms with Crippen LogP contribution >= 0.6 is 31.9 Å². The molecule has 94 valence electrons. The number of halogens is 3. The molecule has 1 amide bonds. The first-order valence-electron chi connectivity index (χ1n) is 5.27. The number of carbonyl (C=O) groups excluding carboxylic acids is 1. The van der Waals surface area contributed by atoms with Crippen molar-refractivity contribution in [1.29, 1.82) is 0 Å². The van der Waals surface area contributed by atoms with Crippen molar-refractivity contribution in [1.82, 2.24) is 5.32 Å². The second kappa shape index (κ2) is 6.50. The van der Waals surface area contributed by atoms with Gasteiger partial charge in [0.05, 0.1) is 5.56 Å². The van der Waals surface area contributed by atoms with Crippen molar-refractivity contribution in [3.63, 3.8) is 0 Å². The highest BCUT2D eigenvalue weighted by molar-refractivity contribution is 9.10. The maximum absolute atomic E-state index is 13.6. The summed E-state index contributed by atoms with van der Waals surface area (Å²) in [5.74, 6) is -0.612. The molecule has 0 saturated heterocycles. The van der Waals surface area contributed by atoms with Gasteiger partial charge >= 0.3 is 0 Å². The van der Waals surface area contributed by atoms with Crippen LogP contribution in [-0.2, 0) is 0 Å². The summed E-state index contributed by atoms with van der Waals surface area (Å²) in [5, 5.41) is 3.45. The molecule has 17 heavy (non-hydrogen) atoms. The summed E-state index contributed by atoms with van der Waals surface area (Å²) in [6, 6.07) is 4.40. The van der Waals surface area contributed by atoms with Crippen LogP contribution in [0.25, 0.3) is 0 Å². The lowest BCUT2D eigenvalue weighted by Gasteiger charge is -2.20. The molecule has 0 aromatic heterocycles. The number of benzene rings is 1. The van der Waals surface area contributed by atoms with Gasteiger partial charge in [0.2, 0.25) is 0 Å². The summed E-state index contributed by atoms with van der Waals surface area (Å²) in [4.78, 5) is 11.9. The van der Waals surface area contributed by atoms with Gasteiger partial charge in [-0.3, -0.25) is 4.79 Å². The number of alkyl halides is 1. The number of nitrogens with one attached hydrogen (secondary N) is 1. The minimum atomic E-state index is -0.519. The van der Waals surface area contributed by atoms with Gasteiger partial charge in [0.25, 0.3) is 5.91 Å². The van der Waals surface area contributed by atoms with E-state index in [9.17, 15) is 9.18 Å². The lowest BCUT2D eigenvalue weighted by Crippen LogP contribution is -2.40. The van der Waals surface area contributed by atoms with Crippen LogP contribution in [0.3, 0.4) is 0 Å². The molecule has 0 radical (unpaired) electrons. The summed E-state index contributed by atoms with van der Waals surface area (Å²) >= 11 is 6.49. The van der Waals surface area contributed by atoms with Crippen molar-refractivity contribution < 1.29 is 9.18 Å². The number of carbonyl (C=O) groups is 1. The van der Waals surface area contributed by atoms with Gasteiger partial charge in [0.1, 0.15) is 5.82 Å². The Hall–Kier alpha value is -0.420. The normalized spacial score (nSPS) is 12.6. The summed E-state index contributed by atoms with van der Waals surface area (Å²) in [6.07, 6.45) is 0. The van der Waals surface area contributed by atoms with Gasteiger partial charge < -0.3 is 5.32 Å². The maximum Gasteiger partial charge on any atom is 0.254 e. The number of hydrogen-bond donors (Lipinski definition) is 1. The number of hydrogen-bond acceptors (Lipinski definition) is 1. The molecule has 1 aromatic rings. The second-order valence-corrected chi connectivity index (χ2v) is 5.67. The van der Waals surface area contributed by atoms with Crippen LogP contribution in [0.15, 0.2) is 22.7 Å². The molecule has 0 aliphatic carbocycles. The molecule has 1 rings (SSSR count). The lowest BCUT2D eigenvalue weighted by molar-refractivity contribution is 0.0927. The number of amides is 1. The quantitative estimate of drug-likeness (QED) is 0.808. The average Bonchev–Trinajstić information content (AvgIpc) is 2.24. The summed E-state index contributed by atoms with van der Waals surface area (Å²) in [6.45, 7) is 4.01. The SMILES string of the molecule is CC(C)C(CBr)NC(=O)c1ccc(Br)cc1F. The summed E-state index contributed by atoms with van der Waals surface area (Å²) in [5.41, 5.74) is 0.0693. The van der Waals surface area contributed by atoms with Gasteiger partial charge in [-0.15, -0.1) is 0 Å². The van der Waals surface area contributed by atoms with Gasteiger partial charge in [-0.25, -0.2) is 4.39 Å². The van der Waals surface area contributed by atoms with Gasteiger partial charge in [-0.1, -0.05) is 45.7 Å². The molecule has 0 fully saturated rings. The predicted molar refractivity (Wildman–Crippen MR) is 74.0 cm³/mol. The molecule has 1 N–H and O–H groups in total. The zero-order chi connectivity index (χ0) is 13.0. The summed E-state index contributed by atoms with van der Waals surface area (Å²) in [7, 11) is 0. The average molecular weight is 367 g/mol. The molecule has 1 aromatic carbocycles. The van der Waals surface area contributed by atoms with E-state index in [0.717, 1.165) is 0 Å². The lowest BCUT2D eigenvalue weighted by atomic mass is 10.1. The largest absolute Gasteiger partial charge is 0.348 e. The molecule has 0 heterocycles. The smallest absolute Gasteiger partial charge is 0.254 e. The van der Waals surface area contributed by atoms with Crippen molar-refractivity contribution in [2.24, 2.45) is 5.92 Å². The predicted octanol–water partition coefficient (Wildman–Crippen LogP) is 3.74. The first kappa shape index (κ1) is 14.6. The Bertz CT molecular complexity index is 409. The fraction of sp³-hybridized carbons (Fsp3) is 0.417. The Morgan fingerprint density at radius 1 is 1.47 bits per heavy atom. The first-order valence-corrected chi connectivity index (χ1v) is 7.19. The van der Waals surface area contributed by atoms with Crippen LogP contribution in [0.5, 0.6) is 0 Å². The molecular weight excluding hydrogens is 353 g/mol. The molecule has 1 atom stereocenters. The highest BCUT2D eigenvalue weighted by atomic mass is 79.9. The van der Waals surface area contributed by atoms with E-state index in [0.29, 0.717) is 9.80 Å². The van der Waals surface area contributed by atoms with Crippen molar-refractivity contribution in [3.8, 4) is 0 Å². The van der Waals surface area contributed by atoms with E-state index in [1.807, 2.05) is 13.8 Å². The minimum absolute atomic E-state index is 0.00875. The van der Waals surface area contributed by atoms with Gasteiger partial charge in [0, 0.05) is 15.8 Å². The molecule has 5 heteroatoms. The van der Waals surface area contributed by atoms with E-state index in [1.54, 1.807) is 6.07 Å². The van der Waals surface area contributed by atoms with Crippen LogP contribution in [-0.4, -0.2) is 17.3 Å². The third-order valence-corrected chi connectivity index (χ3v) is 3.65. The first-order chi connectivity index (χ1) is 7.95.